The molecule has 2 aromatic carbocycles. The lowest BCUT2D eigenvalue weighted by Gasteiger charge is -2.30. The van der Waals surface area contributed by atoms with E-state index in [0.717, 1.165) is 19.0 Å². The predicted octanol–water partition coefficient (Wildman–Crippen LogP) is 4.18. The zero-order valence-electron chi connectivity index (χ0n) is 15.0. The van der Waals surface area contributed by atoms with E-state index in [1.807, 2.05) is 36.4 Å². The quantitative estimate of drug-likeness (QED) is 0.889. The van der Waals surface area contributed by atoms with Gasteiger partial charge in [-0.05, 0) is 55.1 Å². The Bertz CT molecular complexity index is 712. The largest absolute Gasteiger partial charge is 0.495 e. The summed E-state index contributed by atoms with van der Waals surface area (Å²) in [5, 5.41) is 2.91. The first-order valence-corrected chi connectivity index (χ1v) is 8.91. The summed E-state index contributed by atoms with van der Waals surface area (Å²) in [5.41, 5.74) is 2.59. The van der Waals surface area contributed by atoms with E-state index in [-0.39, 0.29) is 5.91 Å². The van der Waals surface area contributed by atoms with Gasteiger partial charge in [0.25, 0.3) is 5.91 Å². The van der Waals surface area contributed by atoms with Gasteiger partial charge < -0.3 is 10.1 Å². The van der Waals surface area contributed by atoms with E-state index < -0.39 is 0 Å². The number of carbonyl (C=O) groups excluding carboxylic acids is 1. The molecule has 0 unspecified atom stereocenters. The van der Waals surface area contributed by atoms with E-state index in [0.29, 0.717) is 17.0 Å². The highest BCUT2D eigenvalue weighted by Crippen LogP contribution is 2.24. The lowest BCUT2D eigenvalue weighted by atomic mass is 9.99. The number of piperidine rings is 1. The van der Waals surface area contributed by atoms with Crippen LogP contribution in [0.4, 0.5) is 5.69 Å². The fourth-order valence-corrected chi connectivity index (χ4v) is 3.39. The Labute approximate surface area is 149 Å². The van der Waals surface area contributed by atoms with Crippen LogP contribution in [0.2, 0.25) is 0 Å². The fraction of sp³-hybridized carbons (Fsp3) is 0.381. The second-order valence-corrected chi connectivity index (χ2v) is 6.83. The molecule has 1 N–H and O–H groups in total. The molecule has 4 heteroatoms. The zero-order valence-corrected chi connectivity index (χ0v) is 15.0. The van der Waals surface area contributed by atoms with Crippen molar-refractivity contribution >= 4 is 11.6 Å². The van der Waals surface area contributed by atoms with Gasteiger partial charge in [0.1, 0.15) is 5.75 Å². The number of nitrogens with one attached hydrogen (secondary N) is 1. The van der Waals surface area contributed by atoms with Crippen LogP contribution in [0, 0.1) is 5.92 Å². The van der Waals surface area contributed by atoms with Crippen molar-refractivity contribution in [3.05, 3.63) is 59.7 Å². The van der Waals surface area contributed by atoms with Crippen molar-refractivity contribution in [2.24, 2.45) is 5.92 Å². The number of amides is 1. The van der Waals surface area contributed by atoms with Crippen LogP contribution in [0.25, 0.3) is 0 Å². The molecule has 0 spiro atoms. The first-order valence-electron chi connectivity index (χ1n) is 8.91. The molecule has 0 radical (unpaired) electrons. The minimum absolute atomic E-state index is 0.123. The minimum Gasteiger partial charge on any atom is -0.495 e. The molecular weight excluding hydrogens is 312 g/mol. The molecule has 0 aromatic heterocycles. The van der Waals surface area contributed by atoms with Gasteiger partial charge in [-0.25, -0.2) is 0 Å². The first-order chi connectivity index (χ1) is 12.2. The van der Waals surface area contributed by atoms with Gasteiger partial charge in [-0.2, -0.15) is 0 Å². The van der Waals surface area contributed by atoms with Crippen LogP contribution >= 0.6 is 0 Å². The number of benzene rings is 2. The molecule has 1 atom stereocenters. The van der Waals surface area contributed by atoms with Gasteiger partial charge in [0, 0.05) is 18.7 Å². The molecule has 1 fully saturated rings. The minimum atomic E-state index is -0.123. The maximum Gasteiger partial charge on any atom is 0.255 e. The molecule has 1 saturated heterocycles. The summed E-state index contributed by atoms with van der Waals surface area (Å²) < 4.78 is 5.27. The Kier molecular flexibility index (Phi) is 5.71. The molecule has 3 rings (SSSR count). The van der Waals surface area contributed by atoms with Crippen molar-refractivity contribution in [2.45, 2.75) is 26.3 Å². The number of carbonyl (C=O) groups is 1. The summed E-state index contributed by atoms with van der Waals surface area (Å²) in [7, 11) is 1.60. The van der Waals surface area contributed by atoms with Gasteiger partial charge in [0.2, 0.25) is 0 Å². The Morgan fingerprint density at radius 3 is 2.68 bits per heavy atom. The molecule has 1 heterocycles. The number of nitrogens with zero attached hydrogens (tertiary/aromatic N) is 1. The van der Waals surface area contributed by atoms with Crippen molar-refractivity contribution in [2.75, 3.05) is 25.5 Å². The summed E-state index contributed by atoms with van der Waals surface area (Å²) in [6.45, 7) is 5.60. The number of hydrogen-bond donors (Lipinski definition) is 1. The molecule has 1 amide bonds. The molecule has 2 aromatic rings. The number of para-hydroxylation sites is 2. The highest BCUT2D eigenvalue weighted by Gasteiger charge is 2.16. The van der Waals surface area contributed by atoms with Crippen LogP contribution < -0.4 is 10.1 Å². The SMILES string of the molecule is COc1ccccc1NC(=O)c1ccc(CN2CCC[C@@H](C)C2)cc1. The maximum atomic E-state index is 12.4. The number of hydrogen-bond acceptors (Lipinski definition) is 3. The highest BCUT2D eigenvalue weighted by molar-refractivity contribution is 6.05. The summed E-state index contributed by atoms with van der Waals surface area (Å²) in [5.74, 6) is 1.31. The summed E-state index contributed by atoms with van der Waals surface area (Å²) in [4.78, 5) is 14.9. The van der Waals surface area contributed by atoms with E-state index >= 15 is 0 Å². The molecule has 1 aliphatic heterocycles. The fourth-order valence-electron chi connectivity index (χ4n) is 3.39. The standard InChI is InChI=1S/C21H26N2O2/c1-16-6-5-13-23(14-16)15-17-9-11-18(12-10-17)21(24)22-19-7-3-4-8-20(19)25-2/h3-4,7-12,16H,5-6,13-15H2,1-2H3,(H,22,24)/t16-/m1/s1. The average molecular weight is 338 g/mol. The third kappa shape index (κ3) is 4.60. The Morgan fingerprint density at radius 1 is 1.20 bits per heavy atom. The summed E-state index contributed by atoms with van der Waals surface area (Å²) >= 11 is 0. The third-order valence-electron chi connectivity index (χ3n) is 4.72. The summed E-state index contributed by atoms with van der Waals surface area (Å²) in [6.07, 6.45) is 2.61. The van der Waals surface area contributed by atoms with Gasteiger partial charge >= 0.3 is 0 Å². The molecular formula is C21H26N2O2. The van der Waals surface area contributed by atoms with Crippen molar-refractivity contribution in [3.63, 3.8) is 0 Å². The predicted molar refractivity (Wildman–Crippen MR) is 101 cm³/mol. The Balaban J connectivity index is 1.62. The zero-order chi connectivity index (χ0) is 17.6. The number of methoxy groups -OCH3 is 1. The number of rotatable bonds is 5. The molecule has 132 valence electrons. The van der Waals surface area contributed by atoms with E-state index in [9.17, 15) is 4.79 Å². The smallest absolute Gasteiger partial charge is 0.255 e. The van der Waals surface area contributed by atoms with Crippen LogP contribution in [-0.4, -0.2) is 31.0 Å². The number of likely N-dealkylation sites (tertiary alicyclic amines) is 1. The van der Waals surface area contributed by atoms with Gasteiger partial charge in [-0.3, -0.25) is 9.69 Å². The molecule has 25 heavy (non-hydrogen) atoms. The molecule has 0 bridgehead atoms. The van der Waals surface area contributed by atoms with Crippen molar-refractivity contribution < 1.29 is 9.53 Å². The van der Waals surface area contributed by atoms with Gasteiger partial charge in [-0.1, -0.05) is 31.2 Å². The van der Waals surface area contributed by atoms with Gasteiger partial charge in [0.05, 0.1) is 12.8 Å². The molecule has 1 aliphatic rings. The third-order valence-corrected chi connectivity index (χ3v) is 4.72. The van der Waals surface area contributed by atoms with E-state index in [4.69, 9.17) is 4.74 Å². The van der Waals surface area contributed by atoms with Crippen LogP contribution in [0.1, 0.15) is 35.7 Å². The van der Waals surface area contributed by atoms with Gasteiger partial charge in [-0.15, -0.1) is 0 Å². The lowest BCUT2D eigenvalue weighted by molar-refractivity contribution is 0.102. The molecule has 0 aliphatic carbocycles. The first kappa shape index (κ1) is 17.5. The topological polar surface area (TPSA) is 41.6 Å². The van der Waals surface area contributed by atoms with Crippen molar-refractivity contribution in [1.29, 1.82) is 0 Å². The second kappa shape index (κ2) is 8.17. The van der Waals surface area contributed by atoms with Crippen molar-refractivity contribution in [3.8, 4) is 5.75 Å². The van der Waals surface area contributed by atoms with E-state index in [2.05, 4.69) is 29.3 Å². The molecule has 0 saturated carbocycles. The lowest BCUT2D eigenvalue weighted by Crippen LogP contribution is -2.33. The Morgan fingerprint density at radius 2 is 1.96 bits per heavy atom. The van der Waals surface area contributed by atoms with Crippen LogP contribution in [-0.2, 0) is 6.54 Å². The Hall–Kier alpha value is -2.33. The van der Waals surface area contributed by atoms with E-state index in [1.54, 1.807) is 7.11 Å². The van der Waals surface area contributed by atoms with Crippen LogP contribution in [0.15, 0.2) is 48.5 Å². The normalized spacial score (nSPS) is 17.9. The second-order valence-electron chi connectivity index (χ2n) is 6.83. The summed E-state index contributed by atoms with van der Waals surface area (Å²) in [6, 6.07) is 15.3. The van der Waals surface area contributed by atoms with E-state index in [1.165, 1.54) is 24.9 Å². The average Bonchev–Trinajstić information content (AvgIpc) is 2.63. The number of anilines is 1. The monoisotopic (exact) mass is 338 g/mol. The van der Waals surface area contributed by atoms with Gasteiger partial charge in [0.15, 0.2) is 0 Å². The number of ether oxygens (including phenoxy) is 1. The van der Waals surface area contributed by atoms with Crippen molar-refractivity contribution in [1.82, 2.24) is 4.90 Å². The maximum absolute atomic E-state index is 12.4. The highest BCUT2D eigenvalue weighted by atomic mass is 16.5. The van der Waals surface area contributed by atoms with Crippen LogP contribution in [0.3, 0.4) is 0 Å². The molecule has 4 nitrogen and oxygen atoms in total. The van der Waals surface area contributed by atoms with Crippen LogP contribution in [0.5, 0.6) is 5.75 Å².